The molecule has 0 heterocycles. The number of carbonyl (C=O) groups excluding carboxylic acids is 1. The molecule has 0 rings (SSSR count). The Bertz CT molecular complexity index is 283. The lowest BCUT2D eigenvalue weighted by Gasteiger charge is -2.09. The molecule has 8 heteroatoms. The summed E-state index contributed by atoms with van der Waals surface area (Å²) in [6.45, 7) is 0. The van der Waals surface area contributed by atoms with Crippen LogP contribution in [0.2, 0.25) is 0 Å². The van der Waals surface area contributed by atoms with Crippen molar-refractivity contribution in [3.05, 3.63) is 11.1 Å². The number of aliphatic carboxylic acids is 1. The van der Waals surface area contributed by atoms with Crippen LogP contribution in [-0.2, 0) is 9.59 Å². The van der Waals surface area contributed by atoms with Crippen molar-refractivity contribution < 1.29 is 14.7 Å². The molecule has 0 aromatic rings. The Morgan fingerprint density at radius 2 is 1.71 bits per heavy atom. The highest BCUT2D eigenvalue weighted by Gasteiger charge is 2.33. The van der Waals surface area contributed by atoms with Crippen LogP contribution in [-0.4, -0.2) is 26.0 Å². The molecule has 80 valence electrons. The smallest absolute Gasteiger partial charge is 0.344 e. The van der Waals surface area contributed by atoms with Crippen molar-refractivity contribution in [2.75, 3.05) is 0 Å². The molecule has 0 fully saturated rings. The van der Waals surface area contributed by atoms with E-state index in [1.54, 1.807) is 0 Å². The average molecular weight is 300 g/mol. The summed E-state index contributed by atoms with van der Waals surface area (Å²) in [6, 6.07) is 0. The Hall–Kier alpha value is 0.330. The van der Waals surface area contributed by atoms with Crippen LogP contribution in [0.4, 0.5) is 0 Å². The summed E-state index contributed by atoms with van der Waals surface area (Å²) in [5, 5.41) is 7.93. The zero-order chi connectivity index (χ0) is 11.5. The Balaban J connectivity index is 4.85. The molecule has 0 bridgehead atoms. The van der Waals surface area contributed by atoms with Gasteiger partial charge in [0.25, 0.3) is 0 Å². The number of carbonyl (C=O) groups is 2. The van der Waals surface area contributed by atoms with E-state index >= 15 is 0 Å². The van der Waals surface area contributed by atoms with Crippen LogP contribution in [0.1, 0.15) is 0 Å². The maximum atomic E-state index is 11.0. The molecular weight excluding hydrogens is 297 g/mol. The fourth-order valence-corrected chi connectivity index (χ4v) is 1.35. The number of alkyl halides is 4. The van der Waals surface area contributed by atoms with Gasteiger partial charge in [0.05, 0.1) is 5.03 Å². The van der Waals surface area contributed by atoms with E-state index < -0.39 is 26.0 Å². The Kier molecular flexibility index (Phi) is 5.55. The molecule has 0 amide bonds. The van der Waals surface area contributed by atoms with Gasteiger partial charge in [-0.15, -0.1) is 0 Å². The average Bonchev–Trinajstić information content (AvgIpc) is 2.01. The van der Waals surface area contributed by atoms with Crippen molar-refractivity contribution in [3.63, 3.8) is 0 Å². The topological polar surface area (TPSA) is 54.4 Å². The standard InChI is InChI=1S/C6H3Cl5O3/c7-2(3(12)4(8)9)1-6(10,11)5(13)14/h1,4H,(H,13,14). The minimum Gasteiger partial charge on any atom is -0.479 e. The highest BCUT2D eigenvalue weighted by atomic mass is 35.5. The van der Waals surface area contributed by atoms with E-state index in [9.17, 15) is 9.59 Å². The van der Waals surface area contributed by atoms with E-state index in [-0.39, 0.29) is 0 Å². The largest absolute Gasteiger partial charge is 0.479 e. The number of carboxylic acids is 1. The van der Waals surface area contributed by atoms with E-state index in [0.29, 0.717) is 6.08 Å². The third kappa shape index (κ3) is 4.24. The van der Waals surface area contributed by atoms with E-state index in [0.717, 1.165) is 0 Å². The number of Topliss-reactive ketones (excluding diaryl/α,β-unsaturated/α-hetero) is 1. The zero-order valence-corrected chi connectivity index (χ0v) is 10.1. The lowest BCUT2D eigenvalue weighted by Crippen LogP contribution is -2.24. The first-order chi connectivity index (χ1) is 6.18. The SMILES string of the molecule is O=C(C(Cl)=CC(Cl)(Cl)C(=O)O)C(Cl)Cl. The molecule has 3 nitrogen and oxygen atoms in total. The first-order valence-corrected chi connectivity index (χ1v) is 5.01. The summed E-state index contributed by atoms with van der Waals surface area (Å²) >= 11 is 26.3. The van der Waals surface area contributed by atoms with E-state index in [4.69, 9.17) is 63.1 Å². The second kappa shape index (κ2) is 5.42. The van der Waals surface area contributed by atoms with Crippen molar-refractivity contribution in [2.24, 2.45) is 0 Å². The van der Waals surface area contributed by atoms with Gasteiger partial charge in [0, 0.05) is 0 Å². The van der Waals surface area contributed by atoms with Crippen molar-refractivity contribution in [1.82, 2.24) is 0 Å². The molecule has 0 spiro atoms. The second-order valence-corrected chi connectivity index (χ2v) is 4.97. The molecule has 0 aromatic carbocycles. The summed E-state index contributed by atoms with van der Waals surface area (Å²) in [4.78, 5) is 20.0. The molecule has 14 heavy (non-hydrogen) atoms. The summed E-state index contributed by atoms with van der Waals surface area (Å²) < 4.78 is -2.28. The van der Waals surface area contributed by atoms with Crippen LogP contribution < -0.4 is 0 Å². The number of halogens is 5. The van der Waals surface area contributed by atoms with Crippen molar-refractivity contribution in [3.8, 4) is 0 Å². The lowest BCUT2D eigenvalue weighted by atomic mass is 10.3. The fourth-order valence-electron chi connectivity index (χ4n) is 0.396. The second-order valence-electron chi connectivity index (χ2n) is 2.09. The molecule has 1 N–H and O–H groups in total. The monoisotopic (exact) mass is 298 g/mol. The summed E-state index contributed by atoms with van der Waals surface area (Å²) in [5.74, 6) is -2.44. The maximum Gasteiger partial charge on any atom is 0.344 e. The summed E-state index contributed by atoms with van der Waals surface area (Å²) in [7, 11) is 0. The van der Waals surface area contributed by atoms with E-state index in [1.807, 2.05) is 0 Å². The third-order valence-electron chi connectivity index (χ3n) is 1.03. The molecular formula is C6H3Cl5O3. The molecule has 0 aliphatic rings. The van der Waals surface area contributed by atoms with Gasteiger partial charge < -0.3 is 5.11 Å². The van der Waals surface area contributed by atoms with Gasteiger partial charge in [0.2, 0.25) is 10.1 Å². The molecule has 0 aromatic heterocycles. The first kappa shape index (κ1) is 14.3. The van der Waals surface area contributed by atoms with E-state index in [2.05, 4.69) is 0 Å². The first-order valence-electron chi connectivity index (χ1n) is 3.00. The molecule has 0 aliphatic heterocycles. The third-order valence-corrected chi connectivity index (χ3v) is 2.26. The number of hydrogen-bond acceptors (Lipinski definition) is 2. The van der Waals surface area contributed by atoms with Crippen LogP contribution in [0, 0.1) is 0 Å². The molecule has 0 saturated carbocycles. The minimum absolute atomic E-state index is 0.535. The molecule has 0 radical (unpaired) electrons. The van der Waals surface area contributed by atoms with Gasteiger partial charge in [-0.3, -0.25) is 4.79 Å². The lowest BCUT2D eigenvalue weighted by molar-refractivity contribution is -0.136. The highest BCUT2D eigenvalue weighted by molar-refractivity contribution is 6.62. The van der Waals surface area contributed by atoms with Crippen molar-refractivity contribution in [2.45, 2.75) is 9.17 Å². The Morgan fingerprint density at radius 3 is 2.00 bits per heavy atom. The van der Waals surface area contributed by atoms with Crippen molar-refractivity contribution >= 4 is 69.8 Å². The summed E-state index contributed by atoms with van der Waals surface area (Å²) in [5.41, 5.74) is 0. The molecule has 0 unspecified atom stereocenters. The van der Waals surface area contributed by atoms with Gasteiger partial charge in [0.15, 0.2) is 4.84 Å². The number of rotatable bonds is 4. The van der Waals surface area contributed by atoms with Gasteiger partial charge in [-0.05, 0) is 6.08 Å². The Labute approximate surface area is 105 Å². The molecule has 0 aliphatic carbocycles. The number of hydrogen-bond donors (Lipinski definition) is 1. The fraction of sp³-hybridized carbons (Fsp3) is 0.333. The van der Waals surface area contributed by atoms with Crippen molar-refractivity contribution in [1.29, 1.82) is 0 Å². The van der Waals surface area contributed by atoms with Gasteiger partial charge >= 0.3 is 5.97 Å². The van der Waals surface area contributed by atoms with Crippen LogP contribution in [0.5, 0.6) is 0 Å². The van der Waals surface area contributed by atoms with Gasteiger partial charge in [-0.25, -0.2) is 4.79 Å². The van der Waals surface area contributed by atoms with Crippen LogP contribution in [0.15, 0.2) is 11.1 Å². The van der Waals surface area contributed by atoms with Gasteiger partial charge in [-0.1, -0.05) is 58.0 Å². The predicted octanol–water partition coefficient (Wildman–Crippen LogP) is 2.74. The number of allylic oxidation sites excluding steroid dienone is 1. The van der Waals surface area contributed by atoms with Gasteiger partial charge in [0.1, 0.15) is 0 Å². The van der Waals surface area contributed by atoms with E-state index in [1.165, 1.54) is 0 Å². The minimum atomic E-state index is -2.28. The number of ketones is 1. The quantitative estimate of drug-likeness (QED) is 0.641. The number of carboxylic acid groups (broad SMARTS) is 1. The van der Waals surface area contributed by atoms with Gasteiger partial charge in [-0.2, -0.15) is 0 Å². The Morgan fingerprint density at radius 1 is 1.29 bits per heavy atom. The maximum absolute atomic E-state index is 11.0. The summed E-state index contributed by atoms with van der Waals surface area (Å²) in [6.07, 6.45) is 0.639. The highest BCUT2D eigenvalue weighted by Crippen LogP contribution is 2.27. The van der Waals surface area contributed by atoms with Crippen LogP contribution >= 0.6 is 58.0 Å². The zero-order valence-electron chi connectivity index (χ0n) is 6.31. The predicted molar refractivity (Wildman–Crippen MR) is 56.5 cm³/mol. The van der Waals surface area contributed by atoms with Crippen LogP contribution in [0.25, 0.3) is 0 Å². The van der Waals surface area contributed by atoms with Crippen LogP contribution in [0.3, 0.4) is 0 Å². The normalized spacial score (nSPS) is 13.1. The molecule has 0 atom stereocenters. The molecule has 0 saturated heterocycles.